The summed E-state index contributed by atoms with van der Waals surface area (Å²) in [6.07, 6.45) is 1.53. The number of carbonyl (C=O) groups is 1. The van der Waals surface area contributed by atoms with Crippen molar-refractivity contribution in [3.8, 4) is 0 Å². The monoisotopic (exact) mass is 341 g/mol. The summed E-state index contributed by atoms with van der Waals surface area (Å²) in [4.78, 5) is 30.3. The van der Waals surface area contributed by atoms with E-state index < -0.39 is 0 Å². The van der Waals surface area contributed by atoms with E-state index in [1.54, 1.807) is 44.4 Å². The fraction of sp³-hybridized carbons (Fsp3) is 0.167. The first kappa shape index (κ1) is 16.2. The van der Waals surface area contributed by atoms with Gasteiger partial charge in [-0.25, -0.2) is 4.98 Å². The second kappa shape index (κ2) is 6.45. The molecule has 0 saturated heterocycles. The fourth-order valence-corrected chi connectivity index (χ4v) is 2.62. The largest absolute Gasteiger partial charge is 0.345 e. The number of carbonyl (C=O) groups excluding carboxylic acids is 1. The highest BCUT2D eigenvalue weighted by Gasteiger charge is 2.09. The zero-order chi connectivity index (χ0) is 17.3. The Bertz CT molecular complexity index is 962. The average Bonchev–Trinajstić information content (AvgIpc) is 2.58. The highest BCUT2D eigenvalue weighted by molar-refractivity contribution is 6.31. The Morgan fingerprint density at radius 2 is 1.88 bits per heavy atom. The zero-order valence-corrected chi connectivity index (χ0v) is 14.1. The summed E-state index contributed by atoms with van der Waals surface area (Å²) in [7, 11) is 3.42. The summed E-state index contributed by atoms with van der Waals surface area (Å²) >= 11 is 5.96. The molecule has 0 aliphatic rings. The molecule has 0 bridgehead atoms. The number of halogens is 1. The van der Waals surface area contributed by atoms with Gasteiger partial charge in [0.1, 0.15) is 0 Å². The molecule has 0 fully saturated rings. The Labute approximate surface area is 144 Å². The number of benzene rings is 2. The van der Waals surface area contributed by atoms with Crippen molar-refractivity contribution in [3.05, 3.63) is 75.3 Å². The Balaban J connectivity index is 1.91. The molecule has 0 radical (unpaired) electrons. The Morgan fingerprint density at radius 3 is 2.54 bits per heavy atom. The molecule has 3 aromatic rings. The second-order valence-corrected chi connectivity index (χ2v) is 6.17. The second-order valence-electron chi connectivity index (χ2n) is 5.74. The molecule has 5 nitrogen and oxygen atoms in total. The lowest BCUT2D eigenvalue weighted by atomic mass is 10.1. The number of rotatable bonds is 3. The third-order valence-electron chi connectivity index (χ3n) is 3.75. The predicted molar refractivity (Wildman–Crippen MR) is 94.6 cm³/mol. The Kier molecular flexibility index (Phi) is 4.36. The topological polar surface area (TPSA) is 55.2 Å². The van der Waals surface area contributed by atoms with Crippen molar-refractivity contribution >= 4 is 28.4 Å². The van der Waals surface area contributed by atoms with Gasteiger partial charge < -0.3 is 4.90 Å². The van der Waals surface area contributed by atoms with Crippen LogP contribution in [-0.2, 0) is 6.54 Å². The van der Waals surface area contributed by atoms with Crippen molar-refractivity contribution in [2.45, 2.75) is 6.54 Å². The van der Waals surface area contributed by atoms with Gasteiger partial charge in [-0.3, -0.25) is 14.2 Å². The molecule has 0 atom stereocenters. The molecular formula is C18H16ClN3O2. The lowest BCUT2D eigenvalue weighted by molar-refractivity contribution is 0.0827. The van der Waals surface area contributed by atoms with Gasteiger partial charge in [-0.15, -0.1) is 0 Å². The molecule has 0 aliphatic heterocycles. The van der Waals surface area contributed by atoms with Gasteiger partial charge in [0.25, 0.3) is 11.5 Å². The SMILES string of the molecule is CN(C)C(=O)c1ccc(Cn2cnc3ccc(Cl)cc3c2=O)cc1. The van der Waals surface area contributed by atoms with Crippen molar-refractivity contribution in [2.24, 2.45) is 0 Å². The minimum Gasteiger partial charge on any atom is -0.345 e. The van der Waals surface area contributed by atoms with E-state index in [-0.39, 0.29) is 11.5 Å². The molecule has 2 aromatic carbocycles. The van der Waals surface area contributed by atoms with E-state index in [2.05, 4.69) is 4.98 Å². The van der Waals surface area contributed by atoms with Crippen LogP contribution in [0.5, 0.6) is 0 Å². The summed E-state index contributed by atoms with van der Waals surface area (Å²) < 4.78 is 1.53. The molecule has 0 spiro atoms. The fourth-order valence-electron chi connectivity index (χ4n) is 2.45. The van der Waals surface area contributed by atoms with Crippen LogP contribution in [0.4, 0.5) is 0 Å². The molecule has 122 valence electrons. The first-order chi connectivity index (χ1) is 11.5. The van der Waals surface area contributed by atoms with Crippen molar-refractivity contribution in [1.29, 1.82) is 0 Å². The number of hydrogen-bond acceptors (Lipinski definition) is 3. The third kappa shape index (κ3) is 3.16. The molecule has 0 unspecified atom stereocenters. The summed E-state index contributed by atoms with van der Waals surface area (Å²) in [5.41, 5.74) is 2.00. The van der Waals surface area contributed by atoms with Gasteiger partial charge in [-0.05, 0) is 35.9 Å². The highest BCUT2D eigenvalue weighted by Crippen LogP contribution is 2.14. The van der Waals surface area contributed by atoms with Crippen LogP contribution in [0.15, 0.2) is 53.6 Å². The van der Waals surface area contributed by atoms with Gasteiger partial charge in [-0.2, -0.15) is 0 Å². The number of amides is 1. The van der Waals surface area contributed by atoms with Gasteiger partial charge >= 0.3 is 0 Å². The van der Waals surface area contributed by atoms with Gasteiger partial charge in [0.05, 0.1) is 23.8 Å². The van der Waals surface area contributed by atoms with Crippen molar-refractivity contribution in [1.82, 2.24) is 14.5 Å². The molecule has 0 aliphatic carbocycles. The first-order valence-electron chi connectivity index (χ1n) is 7.41. The van der Waals surface area contributed by atoms with E-state index in [1.165, 1.54) is 15.8 Å². The number of aromatic nitrogens is 2. The highest BCUT2D eigenvalue weighted by atomic mass is 35.5. The van der Waals surface area contributed by atoms with Crippen LogP contribution in [0, 0.1) is 0 Å². The number of fused-ring (bicyclic) bond motifs is 1. The number of hydrogen-bond donors (Lipinski definition) is 0. The maximum Gasteiger partial charge on any atom is 0.261 e. The molecule has 0 N–H and O–H groups in total. The Hall–Kier alpha value is -2.66. The van der Waals surface area contributed by atoms with Gasteiger partial charge in [-0.1, -0.05) is 23.7 Å². The molecule has 0 saturated carbocycles. The predicted octanol–water partition coefficient (Wildman–Crippen LogP) is 2.80. The third-order valence-corrected chi connectivity index (χ3v) is 3.98. The maximum absolute atomic E-state index is 12.6. The van der Waals surface area contributed by atoms with Crippen LogP contribution in [0.3, 0.4) is 0 Å². The molecule has 3 rings (SSSR count). The van der Waals surface area contributed by atoms with E-state index >= 15 is 0 Å². The van der Waals surface area contributed by atoms with Crippen LogP contribution in [-0.4, -0.2) is 34.5 Å². The van der Waals surface area contributed by atoms with E-state index in [0.717, 1.165) is 5.56 Å². The molecule has 24 heavy (non-hydrogen) atoms. The van der Waals surface area contributed by atoms with Crippen LogP contribution < -0.4 is 5.56 Å². The normalized spacial score (nSPS) is 10.8. The van der Waals surface area contributed by atoms with E-state index in [1.807, 2.05) is 12.1 Å². The van der Waals surface area contributed by atoms with Crippen LogP contribution in [0.1, 0.15) is 15.9 Å². The molecular weight excluding hydrogens is 326 g/mol. The zero-order valence-electron chi connectivity index (χ0n) is 13.4. The quantitative estimate of drug-likeness (QED) is 0.736. The van der Waals surface area contributed by atoms with Crippen LogP contribution in [0.25, 0.3) is 10.9 Å². The lowest BCUT2D eigenvalue weighted by Crippen LogP contribution is -2.22. The van der Waals surface area contributed by atoms with Gasteiger partial charge in [0.2, 0.25) is 0 Å². The van der Waals surface area contributed by atoms with Gasteiger partial charge in [0.15, 0.2) is 0 Å². The van der Waals surface area contributed by atoms with Crippen molar-refractivity contribution in [2.75, 3.05) is 14.1 Å². The maximum atomic E-state index is 12.6. The van der Waals surface area contributed by atoms with Gasteiger partial charge in [0, 0.05) is 24.7 Å². The minimum absolute atomic E-state index is 0.0549. The molecule has 6 heteroatoms. The smallest absolute Gasteiger partial charge is 0.261 e. The molecule has 1 heterocycles. The summed E-state index contributed by atoms with van der Waals surface area (Å²) in [6, 6.07) is 12.3. The Morgan fingerprint density at radius 1 is 1.17 bits per heavy atom. The summed E-state index contributed by atoms with van der Waals surface area (Å²) in [5.74, 6) is -0.0549. The molecule has 1 amide bonds. The van der Waals surface area contributed by atoms with Crippen molar-refractivity contribution < 1.29 is 4.79 Å². The van der Waals surface area contributed by atoms with Crippen LogP contribution >= 0.6 is 11.6 Å². The van der Waals surface area contributed by atoms with Crippen molar-refractivity contribution in [3.63, 3.8) is 0 Å². The number of nitrogens with zero attached hydrogens (tertiary/aromatic N) is 3. The van der Waals surface area contributed by atoms with E-state index in [4.69, 9.17) is 11.6 Å². The minimum atomic E-state index is -0.143. The lowest BCUT2D eigenvalue weighted by Gasteiger charge is -2.11. The summed E-state index contributed by atoms with van der Waals surface area (Å²) in [5, 5.41) is 0.995. The van der Waals surface area contributed by atoms with E-state index in [9.17, 15) is 9.59 Å². The first-order valence-corrected chi connectivity index (χ1v) is 7.79. The van der Waals surface area contributed by atoms with E-state index in [0.29, 0.717) is 28.0 Å². The standard InChI is InChI=1S/C18H16ClN3O2/c1-21(2)17(23)13-5-3-12(4-6-13)10-22-11-20-16-8-7-14(19)9-15(16)18(22)24/h3-9,11H,10H2,1-2H3. The molecule has 1 aromatic heterocycles. The van der Waals surface area contributed by atoms with Crippen LogP contribution in [0.2, 0.25) is 5.02 Å². The summed E-state index contributed by atoms with van der Waals surface area (Å²) in [6.45, 7) is 0.380. The average molecular weight is 342 g/mol.